The van der Waals surface area contributed by atoms with Crippen molar-refractivity contribution in [2.75, 3.05) is 41.5 Å². The first-order chi connectivity index (χ1) is 24.0. The second-order valence-electron chi connectivity index (χ2n) is 15.7. The van der Waals surface area contributed by atoms with E-state index in [4.69, 9.17) is 39.5 Å². The van der Waals surface area contributed by atoms with Gasteiger partial charge in [0.2, 0.25) is 5.78 Å². The quantitative estimate of drug-likeness (QED) is 0.114. The molecule has 1 heterocycles. The average Bonchev–Trinajstić information content (AvgIpc) is 3.47. The number of aliphatic hydroxyl groups is 1. The van der Waals surface area contributed by atoms with E-state index in [0.29, 0.717) is 53.7 Å². The van der Waals surface area contributed by atoms with Gasteiger partial charge in [0.15, 0.2) is 31.8 Å². The van der Waals surface area contributed by atoms with Gasteiger partial charge in [-0.05, 0) is 80.6 Å². The van der Waals surface area contributed by atoms with Gasteiger partial charge in [0.1, 0.15) is 17.1 Å². The van der Waals surface area contributed by atoms with Gasteiger partial charge in [-0.2, -0.15) is 0 Å². The summed E-state index contributed by atoms with van der Waals surface area (Å²) in [6, 6.07) is 1.15. The molecule has 282 valence electrons. The molecule has 0 radical (unpaired) electrons. The second-order valence-corrected chi connectivity index (χ2v) is 20.8. The Morgan fingerprint density at radius 2 is 1.71 bits per heavy atom. The number of hydrogen-bond donors (Lipinski definition) is 1. The Morgan fingerprint density at radius 1 is 1.08 bits per heavy atom. The Kier molecular flexibility index (Phi) is 11.6. The molecule has 0 bridgehead atoms. The minimum Gasteiger partial charge on any atom is -0.508 e. The van der Waals surface area contributed by atoms with Crippen LogP contribution in [-0.4, -0.2) is 82.2 Å². The highest BCUT2D eigenvalue weighted by atomic mass is 35.5. The normalized spacial score (nSPS) is 23.4. The first-order valence-corrected chi connectivity index (χ1v) is 21.4. The van der Waals surface area contributed by atoms with E-state index in [1.165, 1.54) is 14.2 Å². The predicted molar refractivity (Wildman–Crippen MR) is 197 cm³/mol. The zero-order valence-corrected chi connectivity index (χ0v) is 33.8. The van der Waals surface area contributed by atoms with Crippen LogP contribution in [0.2, 0.25) is 23.2 Å². The number of fused-ring (bicyclic) bond motifs is 4. The fourth-order valence-corrected chi connectivity index (χ4v) is 9.32. The molecule has 1 aromatic carbocycles. The lowest BCUT2D eigenvalue weighted by Crippen LogP contribution is -2.65. The Bertz CT molecular complexity index is 1680. The van der Waals surface area contributed by atoms with Crippen molar-refractivity contribution in [3.05, 3.63) is 50.4 Å². The highest BCUT2D eigenvalue weighted by Gasteiger charge is 2.67. The van der Waals surface area contributed by atoms with Crippen LogP contribution in [0, 0.1) is 11.8 Å². The van der Waals surface area contributed by atoms with Crippen LogP contribution in [-0.2, 0) is 20.3 Å². The summed E-state index contributed by atoms with van der Waals surface area (Å²) in [6.07, 6.45) is 3.15. The summed E-state index contributed by atoms with van der Waals surface area (Å²) in [7, 11) is 4.01. The van der Waals surface area contributed by atoms with E-state index in [2.05, 4.69) is 32.9 Å². The van der Waals surface area contributed by atoms with Crippen LogP contribution in [0.25, 0.3) is 0 Å². The van der Waals surface area contributed by atoms with Crippen molar-refractivity contribution in [1.82, 2.24) is 10.1 Å². The fraction of sp³-hybridized carbons (Fsp3) is 0.658. The van der Waals surface area contributed by atoms with Gasteiger partial charge >= 0.3 is 0 Å². The van der Waals surface area contributed by atoms with Crippen molar-refractivity contribution in [2.24, 2.45) is 11.8 Å². The van der Waals surface area contributed by atoms with Gasteiger partial charge in [0, 0.05) is 31.3 Å². The van der Waals surface area contributed by atoms with Crippen LogP contribution in [0.15, 0.2) is 21.9 Å². The van der Waals surface area contributed by atoms with Crippen molar-refractivity contribution in [2.45, 2.75) is 109 Å². The highest BCUT2D eigenvalue weighted by molar-refractivity contribution is 6.74. The fourth-order valence-electron chi connectivity index (χ4n) is 7.56. The standard InChI is InChI=1S/C38H55ClN2O9Si/c1-12-14-16-47-25-20-23(36(45-8)46-9)29(39)22-18-21-19-24-30(41(6)7)32-28(35(40-49-32)48-17-15-13-2)34(44)38(24,50-51(10,11)37(3,4)5)33(43)26(21)31(42)27(22)25/h20-21,24,30,36,43H,12-19H2,1-11H3/t21-,24-,30-,38-/m0/s1. The number of carbonyl (C=O) groups is 2. The molecule has 0 saturated carbocycles. The van der Waals surface area contributed by atoms with Gasteiger partial charge in [-0.1, -0.05) is 59.1 Å². The van der Waals surface area contributed by atoms with Crippen LogP contribution in [0.5, 0.6) is 11.6 Å². The zero-order chi connectivity index (χ0) is 37.6. The number of nitrogens with zero attached hydrogens (tertiary/aromatic N) is 2. The van der Waals surface area contributed by atoms with E-state index in [1.54, 1.807) is 6.07 Å². The molecule has 1 N–H and O–H groups in total. The summed E-state index contributed by atoms with van der Waals surface area (Å²) in [5, 5.41) is 17.1. The third-order valence-corrected chi connectivity index (χ3v) is 16.1. The maximum atomic E-state index is 15.3. The van der Waals surface area contributed by atoms with E-state index in [-0.39, 0.29) is 33.4 Å². The Morgan fingerprint density at radius 3 is 2.27 bits per heavy atom. The first kappa shape index (κ1) is 39.5. The molecule has 11 nitrogen and oxygen atoms in total. The molecule has 5 rings (SSSR count). The summed E-state index contributed by atoms with van der Waals surface area (Å²) in [6.45, 7) is 15.1. The molecule has 2 aromatic rings. The van der Waals surface area contributed by atoms with Gasteiger partial charge in [0.05, 0.1) is 29.8 Å². The molecule has 0 saturated heterocycles. The molecular formula is C38H55ClN2O9Si. The molecule has 0 unspecified atom stereocenters. The van der Waals surface area contributed by atoms with Crippen molar-refractivity contribution >= 4 is 31.5 Å². The van der Waals surface area contributed by atoms with Crippen LogP contribution in [0.1, 0.15) is 117 Å². The number of methoxy groups -OCH3 is 2. The Hall–Kier alpha value is -2.74. The smallest absolute Gasteiger partial charge is 0.265 e. The van der Waals surface area contributed by atoms with Gasteiger partial charge in [0.25, 0.3) is 5.88 Å². The van der Waals surface area contributed by atoms with Crippen molar-refractivity contribution < 1.29 is 42.6 Å². The van der Waals surface area contributed by atoms with E-state index in [9.17, 15) is 9.90 Å². The SMILES string of the molecule is CCCCOc1cc(C(OC)OC)c(Cl)c2c1C(=O)C1=C(O)[C@]3(O[Si](C)(C)C(C)(C)C)C(=O)c4c(OCCCC)noc4[C@@H](N(C)C)[C@@H]3C[C@@H]1C2. The largest absolute Gasteiger partial charge is 0.508 e. The van der Waals surface area contributed by atoms with Gasteiger partial charge in [-0.15, -0.1) is 0 Å². The maximum absolute atomic E-state index is 15.3. The summed E-state index contributed by atoms with van der Waals surface area (Å²) < 4.78 is 36.6. The van der Waals surface area contributed by atoms with Gasteiger partial charge < -0.3 is 33.0 Å². The lowest BCUT2D eigenvalue weighted by atomic mass is 9.58. The molecule has 4 atom stereocenters. The summed E-state index contributed by atoms with van der Waals surface area (Å²) in [5.41, 5.74) is -0.191. The van der Waals surface area contributed by atoms with Crippen molar-refractivity contribution in [3.63, 3.8) is 0 Å². The number of aromatic nitrogens is 1. The Balaban J connectivity index is 1.79. The van der Waals surface area contributed by atoms with Crippen molar-refractivity contribution in [1.29, 1.82) is 0 Å². The highest BCUT2D eigenvalue weighted by Crippen LogP contribution is 2.60. The topological polar surface area (TPSA) is 130 Å². The predicted octanol–water partition coefficient (Wildman–Crippen LogP) is 8.42. The van der Waals surface area contributed by atoms with Crippen LogP contribution < -0.4 is 9.47 Å². The summed E-state index contributed by atoms with van der Waals surface area (Å²) in [5.74, 6) is -1.67. The number of carbonyl (C=O) groups excluding carboxylic acids is 2. The number of rotatable bonds is 14. The molecule has 0 spiro atoms. The summed E-state index contributed by atoms with van der Waals surface area (Å²) in [4.78, 5) is 32.2. The third kappa shape index (κ3) is 6.58. The lowest BCUT2D eigenvalue weighted by Gasteiger charge is -2.55. The molecule has 51 heavy (non-hydrogen) atoms. The number of unbranched alkanes of at least 4 members (excludes halogenated alkanes) is 2. The number of Topliss-reactive ketones (excluding diaryl/α,β-unsaturated/α-hetero) is 2. The molecule has 0 fully saturated rings. The molecule has 3 aliphatic carbocycles. The Labute approximate surface area is 308 Å². The number of ketones is 2. The van der Waals surface area contributed by atoms with Crippen LogP contribution in [0.3, 0.4) is 0 Å². The van der Waals surface area contributed by atoms with Crippen LogP contribution in [0.4, 0.5) is 0 Å². The van der Waals surface area contributed by atoms with E-state index < -0.39 is 49.7 Å². The van der Waals surface area contributed by atoms with Gasteiger partial charge in [-0.25, -0.2) is 0 Å². The third-order valence-electron chi connectivity index (χ3n) is 11.2. The molecule has 1 aromatic heterocycles. The minimum absolute atomic E-state index is 0.0731. The molecule has 13 heteroatoms. The van der Waals surface area contributed by atoms with Gasteiger partial charge in [-0.3, -0.25) is 14.5 Å². The molecule has 0 aliphatic heterocycles. The number of hydrogen-bond acceptors (Lipinski definition) is 11. The first-order valence-electron chi connectivity index (χ1n) is 18.1. The molecule has 0 amide bonds. The number of benzene rings is 1. The second kappa shape index (κ2) is 14.9. The van der Waals surface area contributed by atoms with Crippen molar-refractivity contribution in [3.8, 4) is 11.6 Å². The number of halogens is 1. The number of ether oxygens (including phenoxy) is 4. The van der Waals surface area contributed by atoms with E-state index >= 15 is 4.79 Å². The van der Waals surface area contributed by atoms with E-state index in [0.717, 1.165) is 25.7 Å². The minimum atomic E-state index is -2.84. The zero-order valence-electron chi connectivity index (χ0n) is 32.0. The average molecular weight is 747 g/mol. The van der Waals surface area contributed by atoms with Crippen LogP contribution >= 0.6 is 11.6 Å². The number of aliphatic hydroxyl groups excluding tert-OH is 1. The molecular weight excluding hydrogens is 692 g/mol. The monoisotopic (exact) mass is 746 g/mol. The number of allylic oxidation sites excluding steroid dienone is 1. The van der Waals surface area contributed by atoms with E-state index in [1.807, 2.05) is 39.0 Å². The lowest BCUT2D eigenvalue weighted by molar-refractivity contribution is -0.106. The molecule has 3 aliphatic rings. The summed E-state index contributed by atoms with van der Waals surface area (Å²) >= 11 is 7.11. The maximum Gasteiger partial charge on any atom is 0.265 e.